The maximum Gasteiger partial charge on any atom is 0.265 e. The van der Waals surface area contributed by atoms with Gasteiger partial charge in [-0.25, -0.2) is 0 Å². The standard InChI is InChI=1S/C10H13ClN2OS/c1-7-6-12-3-4-13(7)10(14)9-8(11)2-5-15-9/h2,5,7,12H,3-4,6H2,1H3/t7-/m0/s1. The fourth-order valence-electron chi connectivity index (χ4n) is 1.72. The molecule has 0 radical (unpaired) electrons. The molecule has 1 saturated heterocycles. The summed E-state index contributed by atoms with van der Waals surface area (Å²) in [5.41, 5.74) is 0. The second-order valence-corrected chi connectivity index (χ2v) is 4.97. The van der Waals surface area contributed by atoms with E-state index in [1.165, 1.54) is 11.3 Å². The number of nitrogens with zero attached hydrogens (tertiary/aromatic N) is 1. The molecular weight excluding hydrogens is 232 g/mol. The van der Waals surface area contributed by atoms with E-state index in [1.54, 1.807) is 6.07 Å². The van der Waals surface area contributed by atoms with Crippen molar-refractivity contribution < 1.29 is 4.79 Å². The molecule has 1 fully saturated rings. The summed E-state index contributed by atoms with van der Waals surface area (Å²) < 4.78 is 0. The van der Waals surface area contributed by atoms with Gasteiger partial charge in [-0.05, 0) is 18.4 Å². The van der Waals surface area contributed by atoms with E-state index in [0.29, 0.717) is 9.90 Å². The predicted molar refractivity (Wildman–Crippen MR) is 62.7 cm³/mol. The molecule has 2 rings (SSSR count). The van der Waals surface area contributed by atoms with Gasteiger partial charge in [-0.15, -0.1) is 11.3 Å². The van der Waals surface area contributed by atoms with Crippen LogP contribution in [0.3, 0.4) is 0 Å². The van der Waals surface area contributed by atoms with E-state index >= 15 is 0 Å². The molecule has 0 aliphatic carbocycles. The van der Waals surface area contributed by atoms with Gasteiger partial charge in [0.15, 0.2) is 0 Å². The average Bonchev–Trinajstić information content (AvgIpc) is 2.64. The molecule has 2 heterocycles. The first-order valence-electron chi connectivity index (χ1n) is 4.95. The van der Waals surface area contributed by atoms with Crippen LogP contribution in [0.25, 0.3) is 0 Å². The minimum Gasteiger partial charge on any atom is -0.333 e. The number of nitrogens with one attached hydrogen (secondary N) is 1. The highest BCUT2D eigenvalue weighted by Gasteiger charge is 2.25. The molecule has 1 amide bonds. The Balaban J connectivity index is 2.17. The van der Waals surface area contributed by atoms with E-state index in [4.69, 9.17) is 11.6 Å². The van der Waals surface area contributed by atoms with Crippen molar-refractivity contribution in [2.45, 2.75) is 13.0 Å². The van der Waals surface area contributed by atoms with Crippen LogP contribution in [0.2, 0.25) is 5.02 Å². The third-order valence-corrected chi connectivity index (χ3v) is 3.90. The van der Waals surface area contributed by atoms with Gasteiger partial charge in [0.2, 0.25) is 0 Å². The SMILES string of the molecule is C[C@H]1CNCCN1C(=O)c1sccc1Cl. The molecule has 1 aromatic heterocycles. The number of piperazine rings is 1. The lowest BCUT2D eigenvalue weighted by molar-refractivity contribution is 0.0661. The van der Waals surface area contributed by atoms with Crippen LogP contribution in [0.1, 0.15) is 16.6 Å². The summed E-state index contributed by atoms with van der Waals surface area (Å²) in [6.07, 6.45) is 0. The molecule has 0 unspecified atom stereocenters. The predicted octanol–water partition coefficient (Wildman–Crippen LogP) is 1.84. The molecule has 1 aliphatic rings. The van der Waals surface area contributed by atoms with E-state index in [9.17, 15) is 4.79 Å². The molecule has 5 heteroatoms. The van der Waals surface area contributed by atoms with Gasteiger partial charge in [0, 0.05) is 25.7 Å². The molecule has 0 spiro atoms. The van der Waals surface area contributed by atoms with Gasteiger partial charge in [0.05, 0.1) is 5.02 Å². The normalized spacial score (nSPS) is 21.7. The Labute approximate surface area is 98.0 Å². The first-order chi connectivity index (χ1) is 7.20. The maximum atomic E-state index is 12.1. The lowest BCUT2D eigenvalue weighted by Gasteiger charge is -2.33. The van der Waals surface area contributed by atoms with E-state index < -0.39 is 0 Å². The van der Waals surface area contributed by atoms with Crippen molar-refractivity contribution in [3.63, 3.8) is 0 Å². The topological polar surface area (TPSA) is 32.3 Å². The van der Waals surface area contributed by atoms with Crippen LogP contribution in [-0.4, -0.2) is 36.5 Å². The van der Waals surface area contributed by atoms with Crippen molar-refractivity contribution in [1.82, 2.24) is 10.2 Å². The van der Waals surface area contributed by atoms with Crippen LogP contribution >= 0.6 is 22.9 Å². The van der Waals surface area contributed by atoms with Crippen molar-refractivity contribution in [2.24, 2.45) is 0 Å². The third-order valence-electron chi connectivity index (χ3n) is 2.57. The highest BCUT2D eigenvalue weighted by molar-refractivity contribution is 7.12. The Morgan fingerprint density at radius 1 is 1.73 bits per heavy atom. The zero-order chi connectivity index (χ0) is 10.8. The van der Waals surface area contributed by atoms with Gasteiger partial charge in [0.1, 0.15) is 4.88 Å². The summed E-state index contributed by atoms with van der Waals surface area (Å²) in [7, 11) is 0. The Bertz CT molecular complexity index is 366. The zero-order valence-corrected chi connectivity index (χ0v) is 10.1. The van der Waals surface area contributed by atoms with E-state index in [2.05, 4.69) is 5.32 Å². The molecule has 82 valence electrons. The first-order valence-corrected chi connectivity index (χ1v) is 6.20. The third kappa shape index (κ3) is 2.17. The summed E-state index contributed by atoms with van der Waals surface area (Å²) in [6, 6.07) is 2.01. The number of carbonyl (C=O) groups excluding carboxylic acids is 1. The molecule has 1 aromatic rings. The molecule has 3 nitrogen and oxygen atoms in total. The van der Waals surface area contributed by atoms with Crippen LogP contribution in [-0.2, 0) is 0 Å². The van der Waals surface area contributed by atoms with Crippen molar-refractivity contribution in [2.75, 3.05) is 19.6 Å². The minimum atomic E-state index is 0.0593. The Hall–Kier alpha value is -0.580. The van der Waals surface area contributed by atoms with Crippen LogP contribution in [0.4, 0.5) is 0 Å². The molecule has 1 atom stereocenters. The molecule has 0 aromatic carbocycles. The first kappa shape index (κ1) is 10.9. The number of thiophene rings is 1. The Morgan fingerprint density at radius 3 is 3.13 bits per heavy atom. The smallest absolute Gasteiger partial charge is 0.265 e. The number of carbonyl (C=O) groups is 1. The highest BCUT2D eigenvalue weighted by atomic mass is 35.5. The van der Waals surface area contributed by atoms with Crippen LogP contribution < -0.4 is 5.32 Å². The van der Waals surface area contributed by atoms with Gasteiger partial charge in [0.25, 0.3) is 5.91 Å². The molecule has 0 saturated carbocycles. The number of halogens is 1. The Morgan fingerprint density at radius 2 is 2.53 bits per heavy atom. The summed E-state index contributed by atoms with van der Waals surface area (Å²) >= 11 is 7.36. The number of hydrogen-bond acceptors (Lipinski definition) is 3. The molecule has 1 aliphatic heterocycles. The van der Waals surface area contributed by atoms with Gasteiger partial charge >= 0.3 is 0 Å². The summed E-state index contributed by atoms with van der Waals surface area (Å²) in [4.78, 5) is 14.7. The van der Waals surface area contributed by atoms with Crippen molar-refractivity contribution in [3.8, 4) is 0 Å². The van der Waals surface area contributed by atoms with Crippen LogP contribution in [0.5, 0.6) is 0 Å². The number of hydrogen-bond donors (Lipinski definition) is 1. The molecule has 0 bridgehead atoms. The fraction of sp³-hybridized carbons (Fsp3) is 0.500. The lowest BCUT2D eigenvalue weighted by atomic mass is 10.2. The average molecular weight is 245 g/mol. The van der Waals surface area contributed by atoms with E-state index in [1.807, 2.05) is 17.2 Å². The molecular formula is C10H13ClN2OS. The molecule has 15 heavy (non-hydrogen) atoms. The van der Waals surface area contributed by atoms with Gasteiger partial charge in [-0.3, -0.25) is 4.79 Å². The molecule has 1 N–H and O–H groups in total. The minimum absolute atomic E-state index is 0.0593. The second kappa shape index (κ2) is 4.51. The van der Waals surface area contributed by atoms with Gasteiger partial charge in [-0.1, -0.05) is 11.6 Å². The van der Waals surface area contributed by atoms with Crippen LogP contribution in [0, 0.1) is 0 Å². The maximum absolute atomic E-state index is 12.1. The largest absolute Gasteiger partial charge is 0.333 e. The van der Waals surface area contributed by atoms with E-state index in [-0.39, 0.29) is 11.9 Å². The number of rotatable bonds is 1. The second-order valence-electron chi connectivity index (χ2n) is 3.65. The highest BCUT2D eigenvalue weighted by Crippen LogP contribution is 2.24. The summed E-state index contributed by atoms with van der Waals surface area (Å²) in [5, 5.41) is 5.67. The monoisotopic (exact) mass is 244 g/mol. The fourth-order valence-corrected chi connectivity index (χ4v) is 2.81. The quantitative estimate of drug-likeness (QED) is 0.818. The van der Waals surface area contributed by atoms with Gasteiger partial charge in [-0.2, -0.15) is 0 Å². The Kier molecular flexibility index (Phi) is 3.29. The van der Waals surface area contributed by atoms with Crippen LogP contribution in [0.15, 0.2) is 11.4 Å². The van der Waals surface area contributed by atoms with Gasteiger partial charge < -0.3 is 10.2 Å². The summed E-state index contributed by atoms with van der Waals surface area (Å²) in [6.45, 7) is 4.52. The van der Waals surface area contributed by atoms with Crippen molar-refractivity contribution in [3.05, 3.63) is 21.3 Å². The van der Waals surface area contributed by atoms with Crippen molar-refractivity contribution >= 4 is 28.8 Å². The van der Waals surface area contributed by atoms with E-state index in [0.717, 1.165) is 19.6 Å². The zero-order valence-electron chi connectivity index (χ0n) is 8.50. The lowest BCUT2D eigenvalue weighted by Crippen LogP contribution is -2.52. The number of amides is 1. The van der Waals surface area contributed by atoms with Crippen molar-refractivity contribution in [1.29, 1.82) is 0 Å². The summed E-state index contributed by atoms with van der Waals surface area (Å²) in [5.74, 6) is 0.0593.